The Balaban J connectivity index is 1.60. The zero-order valence-corrected chi connectivity index (χ0v) is 12.3. The van der Waals surface area contributed by atoms with Gasteiger partial charge >= 0.3 is 0 Å². The molecule has 0 unspecified atom stereocenters. The van der Waals surface area contributed by atoms with Crippen LogP contribution < -0.4 is 5.32 Å². The van der Waals surface area contributed by atoms with Gasteiger partial charge in [0, 0.05) is 25.2 Å². The van der Waals surface area contributed by atoms with Crippen LogP contribution in [-0.2, 0) is 11.2 Å². The third-order valence-corrected chi connectivity index (χ3v) is 4.28. The molecule has 0 amide bonds. The molecule has 2 rings (SSSR count). The van der Waals surface area contributed by atoms with Crippen molar-refractivity contribution >= 4 is 11.3 Å². The fourth-order valence-electron chi connectivity index (χ4n) is 2.31. The number of thiophene rings is 1. The molecule has 0 bridgehead atoms. The number of hydrogen-bond donors (Lipinski definition) is 1. The molecule has 0 aliphatic carbocycles. The monoisotopic (exact) mass is 268 g/mol. The van der Waals surface area contributed by atoms with Crippen LogP contribution in [0.4, 0.5) is 0 Å². The topological polar surface area (TPSA) is 24.5 Å². The minimum absolute atomic E-state index is 0.188. The predicted molar refractivity (Wildman–Crippen MR) is 77.4 cm³/mol. The van der Waals surface area contributed by atoms with E-state index in [0.29, 0.717) is 0 Å². The fourth-order valence-corrected chi connectivity index (χ4v) is 3.01. The Morgan fingerprint density at radius 1 is 1.44 bits per heavy atom. The molecule has 1 aliphatic rings. The zero-order chi connectivity index (χ0) is 12.8. The maximum Gasteiger partial charge on any atom is 0.0645 e. The summed E-state index contributed by atoms with van der Waals surface area (Å²) in [5.41, 5.74) is 1.63. The molecule has 3 nitrogen and oxygen atoms in total. The summed E-state index contributed by atoms with van der Waals surface area (Å²) in [6, 6.07) is 2.21. The Labute approximate surface area is 114 Å². The van der Waals surface area contributed by atoms with Crippen molar-refractivity contribution in [1.29, 1.82) is 0 Å². The van der Waals surface area contributed by atoms with Gasteiger partial charge in [-0.25, -0.2) is 0 Å². The largest absolute Gasteiger partial charge is 0.378 e. The van der Waals surface area contributed by atoms with E-state index >= 15 is 0 Å². The lowest BCUT2D eigenvalue weighted by atomic mass is 10.0. The van der Waals surface area contributed by atoms with Crippen molar-refractivity contribution in [3.63, 3.8) is 0 Å². The molecule has 1 saturated heterocycles. The highest BCUT2D eigenvalue weighted by atomic mass is 32.1. The first-order valence-corrected chi connectivity index (χ1v) is 7.67. The van der Waals surface area contributed by atoms with E-state index in [-0.39, 0.29) is 5.54 Å². The summed E-state index contributed by atoms with van der Waals surface area (Å²) in [6.45, 7) is 10.5. The Hall–Kier alpha value is -0.420. The lowest BCUT2D eigenvalue weighted by Crippen LogP contribution is -2.54. The van der Waals surface area contributed by atoms with Gasteiger partial charge in [0.1, 0.15) is 0 Å². The van der Waals surface area contributed by atoms with E-state index < -0.39 is 0 Å². The van der Waals surface area contributed by atoms with Crippen LogP contribution in [0.15, 0.2) is 16.8 Å². The summed E-state index contributed by atoms with van der Waals surface area (Å²) < 4.78 is 5.53. The number of rotatable bonds is 6. The molecule has 1 aromatic rings. The van der Waals surface area contributed by atoms with Crippen molar-refractivity contribution in [2.24, 2.45) is 0 Å². The second kappa shape index (κ2) is 6.66. The minimum atomic E-state index is 0.188. The molecule has 2 heterocycles. The molecule has 1 fully saturated rings. The summed E-state index contributed by atoms with van der Waals surface area (Å²) >= 11 is 1.78. The van der Waals surface area contributed by atoms with Crippen LogP contribution in [0, 0.1) is 0 Å². The van der Waals surface area contributed by atoms with Crippen molar-refractivity contribution in [2.45, 2.75) is 25.8 Å². The van der Waals surface area contributed by atoms with Gasteiger partial charge in [-0.05, 0) is 49.2 Å². The first kappa shape index (κ1) is 14.0. The van der Waals surface area contributed by atoms with E-state index in [1.807, 2.05) is 0 Å². The lowest BCUT2D eigenvalue weighted by Gasteiger charge is -2.42. The highest BCUT2D eigenvalue weighted by Gasteiger charge is 2.29. The van der Waals surface area contributed by atoms with Crippen molar-refractivity contribution in [3.05, 3.63) is 22.4 Å². The first-order valence-electron chi connectivity index (χ1n) is 6.73. The van der Waals surface area contributed by atoms with Crippen LogP contribution in [0.1, 0.15) is 19.4 Å². The predicted octanol–water partition coefficient (Wildman–Crippen LogP) is 1.99. The van der Waals surface area contributed by atoms with Crippen molar-refractivity contribution in [3.8, 4) is 0 Å². The second-order valence-corrected chi connectivity index (χ2v) is 6.26. The van der Waals surface area contributed by atoms with Gasteiger partial charge in [-0.1, -0.05) is 0 Å². The maximum absolute atomic E-state index is 5.53. The molecule has 4 heteroatoms. The Bertz CT molecular complexity index is 338. The summed E-state index contributed by atoms with van der Waals surface area (Å²) in [5, 5.41) is 7.90. The number of morpholine rings is 1. The number of nitrogens with zero attached hydrogens (tertiary/aromatic N) is 1. The van der Waals surface area contributed by atoms with Crippen molar-refractivity contribution in [2.75, 3.05) is 39.4 Å². The maximum atomic E-state index is 5.53. The Kier molecular flexibility index (Phi) is 5.18. The average molecular weight is 268 g/mol. The third kappa shape index (κ3) is 4.05. The van der Waals surface area contributed by atoms with Crippen LogP contribution >= 0.6 is 11.3 Å². The van der Waals surface area contributed by atoms with E-state index in [4.69, 9.17) is 4.74 Å². The highest BCUT2D eigenvalue weighted by molar-refractivity contribution is 7.07. The SMILES string of the molecule is CC1(C)COCCN1CCNCCc1ccsc1. The summed E-state index contributed by atoms with van der Waals surface area (Å²) in [7, 11) is 0. The van der Waals surface area contributed by atoms with Gasteiger partial charge in [0.25, 0.3) is 0 Å². The third-order valence-electron chi connectivity index (χ3n) is 3.55. The minimum Gasteiger partial charge on any atom is -0.378 e. The average Bonchev–Trinajstić information content (AvgIpc) is 2.83. The van der Waals surface area contributed by atoms with Gasteiger partial charge in [0.15, 0.2) is 0 Å². The molecular weight excluding hydrogens is 244 g/mol. The second-order valence-electron chi connectivity index (χ2n) is 5.48. The Morgan fingerprint density at radius 3 is 3.06 bits per heavy atom. The summed E-state index contributed by atoms with van der Waals surface area (Å²) in [6.07, 6.45) is 1.13. The molecule has 102 valence electrons. The lowest BCUT2D eigenvalue weighted by molar-refractivity contribution is -0.0500. The molecule has 0 radical (unpaired) electrons. The van der Waals surface area contributed by atoms with Gasteiger partial charge in [0.2, 0.25) is 0 Å². The van der Waals surface area contributed by atoms with Gasteiger partial charge in [-0.2, -0.15) is 11.3 Å². The van der Waals surface area contributed by atoms with E-state index in [1.54, 1.807) is 11.3 Å². The highest BCUT2D eigenvalue weighted by Crippen LogP contribution is 2.17. The zero-order valence-electron chi connectivity index (χ0n) is 11.4. The van der Waals surface area contributed by atoms with E-state index in [9.17, 15) is 0 Å². The smallest absolute Gasteiger partial charge is 0.0645 e. The van der Waals surface area contributed by atoms with Crippen LogP contribution in [0.2, 0.25) is 0 Å². The standard InChI is InChI=1S/C14H24N2OS/c1-14(2)12-17-9-8-16(14)7-6-15-5-3-13-4-10-18-11-13/h4,10-11,15H,3,5-9,12H2,1-2H3. The molecule has 0 aromatic carbocycles. The summed E-state index contributed by atoms with van der Waals surface area (Å²) in [4.78, 5) is 2.52. The van der Waals surface area contributed by atoms with Crippen LogP contribution in [0.25, 0.3) is 0 Å². The number of ether oxygens (including phenoxy) is 1. The van der Waals surface area contributed by atoms with Crippen molar-refractivity contribution in [1.82, 2.24) is 10.2 Å². The Morgan fingerprint density at radius 2 is 2.33 bits per heavy atom. The van der Waals surface area contributed by atoms with Crippen LogP contribution in [0.3, 0.4) is 0 Å². The normalized spacial score (nSPS) is 20.1. The fraction of sp³-hybridized carbons (Fsp3) is 0.714. The number of nitrogens with one attached hydrogen (secondary N) is 1. The van der Waals surface area contributed by atoms with Gasteiger partial charge in [-0.15, -0.1) is 0 Å². The van der Waals surface area contributed by atoms with Crippen LogP contribution in [0.5, 0.6) is 0 Å². The van der Waals surface area contributed by atoms with Crippen LogP contribution in [-0.4, -0.2) is 49.8 Å². The quantitative estimate of drug-likeness (QED) is 0.799. The molecule has 1 aliphatic heterocycles. The van der Waals surface area contributed by atoms with Gasteiger partial charge < -0.3 is 10.1 Å². The van der Waals surface area contributed by atoms with E-state index in [2.05, 4.69) is 40.9 Å². The first-order chi connectivity index (χ1) is 8.68. The molecule has 0 saturated carbocycles. The molecule has 0 atom stereocenters. The molecule has 18 heavy (non-hydrogen) atoms. The van der Waals surface area contributed by atoms with Gasteiger partial charge in [0.05, 0.1) is 13.2 Å². The molecule has 1 N–H and O–H groups in total. The number of hydrogen-bond acceptors (Lipinski definition) is 4. The molecule has 1 aromatic heterocycles. The van der Waals surface area contributed by atoms with Gasteiger partial charge in [-0.3, -0.25) is 4.90 Å². The molecule has 0 spiro atoms. The van der Waals surface area contributed by atoms with E-state index in [1.165, 1.54) is 5.56 Å². The summed E-state index contributed by atoms with van der Waals surface area (Å²) in [5.74, 6) is 0. The van der Waals surface area contributed by atoms with Crippen molar-refractivity contribution < 1.29 is 4.74 Å². The molecular formula is C14H24N2OS. The van der Waals surface area contributed by atoms with E-state index in [0.717, 1.165) is 45.8 Å².